The highest BCUT2D eigenvalue weighted by Gasteiger charge is 2.22. The molecule has 0 spiro atoms. The first-order valence-corrected chi connectivity index (χ1v) is 8.52. The topological polar surface area (TPSA) is 47.1 Å². The molecule has 0 bridgehead atoms. The van der Waals surface area contributed by atoms with Crippen molar-refractivity contribution in [3.63, 3.8) is 0 Å². The third-order valence-electron chi connectivity index (χ3n) is 4.92. The van der Waals surface area contributed by atoms with Gasteiger partial charge in [0, 0.05) is 32.2 Å². The molecular weight excluding hydrogens is 260 g/mol. The first kappa shape index (κ1) is 16.3. The van der Waals surface area contributed by atoms with Crippen molar-refractivity contribution in [1.29, 1.82) is 0 Å². The van der Waals surface area contributed by atoms with E-state index in [1.165, 1.54) is 43.5 Å². The molecule has 0 radical (unpaired) electrons. The zero-order chi connectivity index (χ0) is 15.4. The van der Waals surface area contributed by atoms with Crippen molar-refractivity contribution in [2.24, 2.45) is 18.7 Å². The van der Waals surface area contributed by atoms with Crippen LogP contribution in [0.3, 0.4) is 0 Å². The second kappa shape index (κ2) is 7.30. The standard InChI is InChI=1S/C17H32N4/c1-5-15(18)11-16-13(2)19-21(4)17(16)20(3)12-14-9-7-6-8-10-14/h14-15H,5-12,18H2,1-4H3. The van der Waals surface area contributed by atoms with Gasteiger partial charge in [0.25, 0.3) is 0 Å². The second-order valence-corrected chi connectivity index (χ2v) is 6.77. The zero-order valence-corrected chi connectivity index (χ0v) is 14.2. The van der Waals surface area contributed by atoms with E-state index in [0.717, 1.165) is 31.0 Å². The van der Waals surface area contributed by atoms with Crippen molar-refractivity contribution in [1.82, 2.24) is 9.78 Å². The summed E-state index contributed by atoms with van der Waals surface area (Å²) in [6.07, 6.45) is 8.92. The average molecular weight is 292 g/mol. The van der Waals surface area contributed by atoms with Crippen LogP contribution in [-0.2, 0) is 13.5 Å². The maximum atomic E-state index is 6.18. The molecule has 2 rings (SSSR count). The number of anilines is 1. The van der Waals surface area contributed by atoms with Crippen LogP contribution in [0.4, 0.5) is 5.82 Å². The molecule has 4 heteroatoms. The molecule has 1 fully saturated rings. The Bertz CT molecular complexity index is 446. The highest BCUT2D eigenvalue weighted by atomic mass is 15.4. The highest BCUT2D eigenvalue weighted by molar-refractivity contribution is 5.50. The molecule has 1 aromatic rings. The van der Waals surface area contributed by atoms with Crippen LogP contribution in [0.5, 0.6) is 0 Å². The van der Waals surface area contributed by atoms with E-state index in [2.05, 4.69) is 37.9 Å². The molecule has 1 atom stereocenters. The third kappa shape index (κ3) is 4.00. The van der Waals surface area contributed by atoms with E-state index in [9.17, 15) is 0 Å². The van der Waals surface area contributed by atoms with Crippen molar-refractivity contribution in [3.8, 4) is 0 Å². The van der Waals surface area contributed by atoms with E-state index in [0.29, 0.717) is 0 Å². The van der Waals surface area contributed by atoms with Gasteiger partial charge in [-0.05, 0) is 38.5 Å². The van der Waals surface area contributed by atoms with Crippen LogP contribution in [0.25, 0.3) is 0 Å². The normalized spacial score (nSPS) is 18.0. The predicted octanol–water partition coefficient (Wildman–Crippen LogP) is 3.02. The summed E-state index contributed by atoms with van der Waals surface area (Å²) in [5, 5.41) is 4.63. The molecule has 1 saturated carbocycles. The van der Waals surface area contributed by atoms with Gasteiger partial charge < -0.3 is 10.6 Å². The van der Waals surface area contributed by atoms with Gasteiger partial charge in [0.05, 0.1) is 5.69 Å². The van der Waals surface area contributed by atoms with Crippen LogP contribution >= 0.6 is 0 Å². The molecule has 1 heterocycles. The minimum Gasteiger partial charge on any atom is -0.359 e. The van der Waals surface area contributed by atoms with Crippen LogP contribution in [0.2, 0.25) is 0 Å². The fraction of sp³-hybridized carbons (Fsp3) is 0.824. The molecule has 1 unspecified atom stereocenters. The van der Waals surface area contributed by atoms with Gasteiger partial charge in [-0.2, -0.15) is 5.10 Å². The van der Waals surface area contributed by atoms with Crippen LogP contribution in [0.1, 0.15) is 56.7 Å². The van der Waals surface area contributed by atoms with E-state index in [1.54, 1.807) is 0 Å². The minimum atomic E-state index is 0.231. The van der Waals surface area contributed by atoms with Gasteiger partial charge in [-0.15, -0.1) is 0 Å². The van der Waals surface area contributed by atoms with Crippen LogP contribution in [0.15, 0.2) is 0 Å². The van der Waals surface area contributed by atoms with Gasteiger partial charge in [-0.1, -0.05) is 26.2 Å². The van der Waals surface area contributed by atoms with Gasteiger partial charge >= 0.3 is 0 Å². The number of hydrogen-bond donors (Lipinski definition) is 1. The van der Waals surface area contributed by atoms with Gasteiger partial charge in [0.2, 0.25) is 0 Å². The monoisotopic (exact) mass is 292 g/mol. The maximum Gasteiger partial charge on any atom is 0.129 e. The molecule has 1 aliphatic carbocycles. The van der Waals surface area contributed by atoms with Crippen LogP contribution in [-0.4, -0.2) is 29.4 Å². The molecule has 0 aromatic carbocycles. The molecule has 0 saturated heterocycles. The second-order valence-electron chi connectivity index (χ2n) is 6.77. The summed E-state index contributed by atoms with van der Waals surface area (Å²) in [7, 11) is 4.27. The Morgan fingerprint density at radius 3 is 2.62 bits per heavy atom. The summed E-state index contributed by atoms with van der Waals surface area (Å²) < 4.78 is 2.04. The summed E-state index contributed by atoms with van der Waals surface area (Å²) in [5.41, 5.74) is 8.65. The van der Waals surface area contributed by atoms with Crippen molar-refractivity contribution in [3.05, 3.63) is 11.3 Å². The molecular formula is C17H32N4. The summed E-state index contributed by atoms with van der Waals surface area (Å²) in [5.74, 6) is 2.11. The number of nitrogens with two attached hydrogens (primary N) is 1. The van der Waals surface area contributed by atoms with E-state index in [1.807, 2.05) is 4.68 Å². The quantitative estimate of drug-likeness (QED) is 0.876. The molecule has 1 aromatic heterocycles. The molecule has 0 aliphatic heterocycles. The van der Waals surface area contributed by atoms with Crippen molar-refractivity contribution >= 4 is 5.82 Å². The third-order valence-corrected chi connectivity index (χ3v) is 4.92. The summed E-state index contributed by atoms with van der Waals surface area (Å²) in [4.78, 5) is 2.41. The van der Waals surface area contributed by atoms with E-state index < -0.39 is 0 Å². The Balaban J connectivity index is 2.12. The molecule has 120 valence electrons. The summed E-state index contributed by atoms with van der Waals surface area (Å²) >= 11 is 0. The van der Waals surface area contributed by atoms with E-state index in [-0.39, 0.29) is 6.04 Å². The largest absolute Gasteiger partial charge is 0.359 e. The summed E-state index contributed by atoms with van der Waals surface area (Å²) in [6, 6.07) is 0.231. The van der Waals surface area contributed by atoms with E-state index >= 15 is 0 Å². The molecule has 0 amide bonds. The molecule has 4 nitrogen and oxygen atoms in total. The SMILES string of the molecule is CCC(N)Cc1c(C)nn(C)c1N(C)CC1CCCCC1. The van der Waals surface area contributed by atoms with Gasteiger partial charge in [-0.3, -0.25) is 4.68 Å². The fourth-order valence-corrected chi connectivity index (χ4v) is 3.66. The van der Waals surface area contributed by atoms with Gasteiger partial charge in [-0.25, -0.2) is 0 Å². The lowest BCUT2D eigenvalue weighted by Crippen LogP contribution is -2.30. The Morgan fingerprint density at radius 1 is 1.33 bits per heavy atom. The minimum absolute atomic E-state index is 0.231. The fourth-order valence-electron chi connectivity index (χ4n) is 3.66. The van der Waals surface area contributed by atoms with Crippen molar-refractivity contribution < 1.29 is 0 Å². The molecule has 2 N–H and O–H groups in total. The van der Waals surface area contributed by atoms with Crippen molar-refractivity contribution in [2.75, 3.05) is 18.5 Å². The average Bonchev–Trinajstić information content (AvgIpc) is 2.74. The Hall–Kier alpha value is -1.03. The van der Waals surface area contributed by atoms with Crippen LogP contribution < -0.4 is 10.6 Å². The lowest BCUT2D eigenvalue weighted by atomic mass is 9.89. The first-order valence-electron chi connectivity index (χ1n) is 8.52. The summed E-state index contributed by atoms with van der Waals surface area (Å²) in [6.45, 7) is 5.41. The molecule has 1 aliphatic rings. The number of rotatable bonds is 6. The lowest BCUT2D eigenvalue weighted by Gasteiger charge is -2.29. The number of hydrogen-bond acceptors (Lipinski definition) is 3. The predicted molar refractivity (Wildman–Crippen MR) is 89.8 cm³/mol. The Kier molecular flexibility index (Phi) is 5.68. The number of aromatic nitrogens is 2. The van der Waals surface area contributed by atoms with Crippen LogP contribution in [0, 0.1) is 12.8 Å². The molecule has 21 heavy (non-hydrogen) atoms. The van der Waals surface area contributed by atoms with Crippen molar-refractivity contribution in [2.45, 2.75) is 64.8 Å². The zero-order valence-electron chi connectivity index (χ0n) is 14.2. The highest BCUT2D eigenvalue weighted by Crippen LogP contribution is 2.28. The maximum absolute atomic E-state index is 6.18. The smallest absolute Gasteiger partial charge is 0.129 e. The Labute approximate surface area is 129 Å². The lowest BCUT2D eigenvalue weighted by molar-refractivity contribution is 0.360. The number of aryl methyl sites for hydroxylation is 2. The van der Waals surface area contributed by atoms with Gasteiger partial charge in [0.15, 0.2) is 0 Å². The van der Waals surface area contributed by atoms with E-state index in [4.69, 9.17) is 5.73 Å². The first-order chi connectivity index (χ1) is 10.0. The number of nitrogens with zero attached hydrogens (tertiary/aromatic N) is 3. The Morgan fingerprint density at radius 2 is 2.00 bits per heavy atom. The van der Waals surface area contributed by atoms with Gasteiger partial charge in [0.1, 0.15) is 5.82 Å².